The van der Waals surface area contributed by atoms with E-state index in [1.807, 2.05) is 35.0 Å². The van der Waals surface area contributed by atoms with Crippen molar-refractivity contribution in [2.45, 2.75) is 44.9 Å². The van der Waals surface area contributed by atoms with Crippen LogP contribution in [0.1, 0.15) is 61.3 Å². The van der Waals surface area contributed by atoms with E-state index in [-0.39, 0.29) is 28.3 Å². The van der Waals surface area contributed by atoms with Gasteiger partial charge >= 0.3 is 0 Å². The lowest BCUT2D eigenvalue weighted by atomic mass is 9.70. The highest BCUT2D eigenvalue weighted by molar-refractivity contribution is 6.04. The minimum Gasteiger partial charge on any atom is -0.320 e. The fourth-order valence-corrected chi connectivity index (χ4v) is 5.53. The second-order valence-electron chi connectivity index (χ2n) is 9.26. The first-order valence-corrected chi connectivity index (χ1v) is 10.5. The van der Waals surface area contributed by atoms with Crippen LogP contribution in [0.15, 0.2) is 54.6 Å². The van der Waals surface area contributed by atoms with Crippen LogP contribution in [-0.4, -0.2) is 20.6 Å². The normalized spacial score (nSPS) is 22.9. The molecule has 2 bridgehead atoms. The molecule has 2 atom stereocenters. The highest BCUT2D eigenvalue weighted by Crippen LogP contribution is 2.68. The van der Waals surface area contributed by atoms with Gasteiger partial charge in [0.15, 0.2) is 5.69 Å². The summed E-state index contributed by atoms with van der Waals surface area (Å²) in [5.41, 5.74) is 3.72. The highest BCUT2D eigenvalue weighted by atomic mass is 16.6. The number of fused-ring (bicyclic) bond motifs is 5. The fraction of sp³-hybridized carbons (Fsp3) is 0.333. The molecule has 1 N–H and O–H groups in total. The van der Waals surface area contributed by atoms with Crippen LogP contribution in [0.2, 0.25) is 0 Å². The van der Waals surface area contributed by atoms with E-state index < -0.39 is 4.92 Å². The van der Waals surface area contributed by atoms with Crippen molar-refractivity contribution < 1.29 is 9.72 Å². The van der Waals surface area contributed by atoms with Crippen molar-refractivity contribution in [2.75, 3.05) is 5.32 Å². The van der Waals surface area contributed by atoms with Gasteiger partial charge in [0.25, 0.3) is 11.6 Å². The van der Waals surface area contributed by atoms with Crippen molar-refractivity contribution in [3.8, 4) is 5.69 Å². The van der Waals surface area contributed by atoms with E-state index in [9.17, 15) is 14.9 Å². The Morgan fingerprint density at radius 3 is 2.61 bits per heavy atom. The number of carbonyl (C=O) groups excluding carboxylic acids is 1. The number of amides is 1. The predicted octanol–water partition coefficient (Wildman–Crippen LogP) is 5.21. The Hall–Kier alpha value is -3.48. The molecule has 31 heavy (non-hydrogen) atoms. The third-order valence-corrected chi connectivity index (χ3v) is 7.55. The number of hydrogen-bond acceptors (Lipinski definition) is 4. The molecular formula is C24H24N4O3. The number of anilines is 1. The minimum atomic E-state index is -0.472. The molecule has 0 radical (unpaired) electrons. The number of aromatic nitrogens is 2. The zero-order chi connectivity index (χ0) is 22.0. The molecule has 1 heterocycles. The zero-order valence-corrected chi connectivity index (χ0v) is 17.8. The zero-order valence-electron chi connectivity index (χ0n) is 17.8. The molecule has 0 aliphatic heterocycles. The van der Waals surface area contributed by atoms with Crippen molar-refractivity contribution in [1.29, 1.82) is 0 Å². The van der Waals surface area contributed by atoms with Gasteiger partial charge in [-0.05, 0) is 42.4 Å². The summed E-state index contributed by atoms with van der Waals surface area (Å²) >= 11 is 0. The van der Waals surface area contributed by atoms with Gasteiger partial charge in [-0.25, -0.2) is 4.68 Å². The summed E-state index contributed by atoms with van der Waals surface area (Å²) in [7, 11) is 0. The number of nitro groups is 1. The van der Waals surface area contributed by atoms with Crippen LogP contribution in [0.3, 0.4) is 0 Å². The third-order valence-electron chi connectivity index (χ3n) is 7.55. The van der Waals surface area contributed by atoms with Crippen LogP contribution in [0.25, 0.3) is 5.69 Å². The summed E-state index contributed by atoms with van der Waals surface area (Å²) in [5.74, 6) is -0.0887. The standard InChI is InChI=1S/C24H24N4O3/c1-23(2)18-12-13-24(23,3)21-19(18)20(26-27(21)16-9-5-4-6-10-16)22(29)25-15-8-7-11-17(14-15)28(30)31/h4-11,14,18H,12-13H2,1-3H3,(H,25,29)/t18-,24-/m0/s1. The van der Waals surface area contributed by atoms with Gasteiger partial charge in [-0.15, -0.1) is 0 Å². The quantitative estimate of drug-likeness (QED) is 0.467. The summed E-state index contributed by atoms with van der Waals surface area (Å²) in [4.78, 5) is 24.0. The van der Waals surface area contributed by atoms with E-state index in [2.05, 4.69) is 26.1 Å². The molecule has 1 aromatic heterocycles. The van der Waals surface area contributed by atoms with Crippen LogP contribution in [0, 0.1) is 15.5 Å². The molecule has 0 spiro atoms. The Bertz CT molecular complexity index is 1210. The number of nitro benzene ring substituents is 1. The lowest BCUT2D eigenvalue weighted by Crippen LogP contribution is -2.33. The van der Waals surface area contributed by atoms with E-state index in [0.717, 1.165) is 29.8 Å². The Morgan fingerprint density at radius 2 is 1.90 bits per heavy atom. The van der Waals surface area contributed by atoms with Gasteiger partial charge in [0, 0.05) is 28.8 Å². The second-order valence-corrected chi connectivity index (χ2v) is 9.26. The van der Waals surface area contributed by atoms with Gasteiger partial charge in [0.05, 0.1) is 16.3 Å². The number of rotatable bonds is 4. The number of benzene rings is 2. The maximum Gasteiger partial charge on any atom is 0.276 e. The lowest BCUT2D eigenvalue weighted by Gasteiger charge is -2.35. The van der Waals surface area contributed by atoms with Crippen molar-refractivity contribution >= 4 is 17.3 Å². The third kappa shape index (κ3) is 2.65. The molecular weight excluding hydrogens is 392 g/mol. The van der Waals surface area contributed by atoms with Gasteiger partial charge < -0.3 is 5.32 Å². The molecule has 2 aromatic carbocycles. The van der Waals surface area contributed by atoms with Crippen molar-refractivity contribution in [3.63, 3.8) is 0 Å². The van der Waals surface area contributed by atoms with E-state index >= 15 is 0 Å². The Morgan fingerprint density at radius 1 is 1.16 bits per heavy atom. The van der Waals surface area contributed by atoms with E-state index in [1.165, 1.54) is 12.1 Å². The van der Waals surface area contributed by atoms with Crippen molar-refractivity contribution in [1.82, 2.24) is 9.78 Å². The molecule has 3 aromatic rings. The fourth-order valence-electron chi connectivity index (χ4n) is 5.53. The van der Waals surface area contributed by atoms with Gasteiger partial charge in [-0.2, -0.15) is 5.10 Å². The molecule has 1 saturated carbocycles. The number of carbonyl (C=O) groups is 1. The molecule has 2 aliphatic rings. The first kappa shape index (κ1) is 19.5. The summed E-state index contributed by atoms with van der Waals surface area (Å²) in [6.45, 7) is 6.84. The van der Waals surface area contributed by atoms with Gasteiger partial charge in [0.1, 0.15) is 0 Å². The molecule has 2 aliphatic carbocycles. The smallest absolute Gasteiger partial charge is 0.276 e. The number of non-ortho nitro benzene ring substituents is 1. The first-order valence-electron chi connectivity index (χ1n) is 10.5. The van der Waals surface area contributed by atoms with Gasteiger partial charge in [-0.1, -0.05) is 45.0 Å². The van der Waals surface area contributed by atoms with Gasteiger partial charge in [-0.3, -0.25) is 14.9 Å². The minimum absolute atomic E-state index is 0.0116. The van der Waals surface area contributed by atoms with Crippen LogP contribution >= 0.6 is 0 Å². The van der Waals surface area contributed by atoms with Gasteiger partial charge in [0.2, 0.25) is 0 Å². The number of nitrogens with zero attached hydrogens (tertiary/aromatic N) is 3. The average molecular weight is 416 g/mol. The largest absolute Gasteiger partial charge is 0.320 e. The molecule has 5 rings (SSSR count). The number of hydrogen-bond donors (Lipinski definition) is 1. The topological polar surface area (TPSA) is 90.1 Å². The van der Waals surface area contributed by atoms with Crippen molar-refractivity contribution in [2.24, 2.45) is 5.41 Å². The molecule has 1 amide bonds. The van der Waals surface area contributed by atoms with Crippen LogP contribution in [-0.2, 0) is 5.41 Å². The summed E-state index contributed by atoms with van der Waals surface area (Å²) < 4.78 is 1.93. The molecule has 0 saturated heterocycles. The second kappa shape index (κ2) is 6.51. The Labute approximate surface area is 180 Å². The highest BCUT2D eigenvalue weighted by Gasteiger charge is 2.63. The molecule has 7 nitrogen and oxygen atoms in total. The molecule has 1 fully saturated rings. The van der Waals surface area contributed by atoms with Crippen LogP contribution < -0.4 is 5.32 Å². The van der Waals surface area contributed by atoms with E-state index in [4.69, 9.17) is 5.10 Å². The number of nitrogens with one attached hydrogen (secondary N) is 1. The molecule has 158 valence electrons. The average Bonchev–Trinajstić information content (AvgIpc) is 3.31. The summed E-state index contributed by atoms with van der Waals surface area (Å²) in [6, 6.07) is 15.9. The van der Waals surface area contributed by atoms with Crippen molar-refractivity contribution in [3.05, 3.63) is 81.7 Å². The summed E-state index contributed by atoms with van der Waals surface area (Å²) in [5, 5.41) is 18.7. The number of para-hydroxylation sites is 1. The Kier molecular flexibility index (Phi) is 4.09. The lowest BCUT2D eigenvalue weighted by molar-refractivity contribution is -0.384. The first-order chi connectivity index (χ1) is 14.7. The van der Waals surface area contributed by atoms with E-state index in [1.54, 1.807) is 12.1 Å². The molecule has 0 unspecified atom stereocenters. The molecule has 7 heteroatoms. The maximum atomic E-state index is 13.3. The SMILES string of the molecule is CC1(C)[C@H]2CC[C@@]1(C)c1c2c(C(=O)Nc2cccc([N+](=O)[O-])c2)nn1-c1ccccc1. The van der Waals surface area contributed by atoms with Crippen LogP contribution in [0.5, 0.6) is 0 Å². The summed E-state index contributed by atoms with van der Waals surface area (Å²) in [6.07, 6.45) is 2.08. The maximum absolute atomic E-state index is 13.3. The van der Waals surface area contributed by atoms with Crippen LogP contribution in [0.4, 0.5) is 11.4 Å². The Balaban J connectivity index is 1.62. The predicted molar refractivity (Wildman–Crippen MR) is 118 cm³/mol. The van der Waals surface area contributed by atoms with E-state index in [0.29, 0.717) is 11.4 Å². The monoisotopic (exact) mass is 416 g/mol.